The summed E-state index contributed by atoms with van der Waals surface area (Å²) in [5, 5.41) is 10.6. The molecule has 1 amide bonds. The molecule has 2 saturated heterocycles. The molecule has 2 aromatic heterocycles. The van der Waals surface area contributed by atoms with Crippen LogP contribution >= 0.6 is 11.3 Å². The van der Waals surface area contributed by atoms with E-state index >= 15 is 0 Å². The van der Waals surface area contributed by atoms with Crippen LogP contribution < -0.4 is 0 Å². The maximum Gasteiger partial charge on any atom is 0.273 e. The number of hydrogen-bond donors (Lipinski definition) is 0. The summed E-state index contributed by atoms with van der Waals surface area (Å²) < 4.78 is 11.5. The molecule has 0 radical (unpaired) electrons. The van der Waals surface area contributed by atoms with Gasteiger partial charge in [0.15, 0.2) is 0 Å². The van der Waals surface area contributed by atoms with E-state index in [1.54, 1.807) is 6.92 Å². The van der Waals surface area contributed by atoms with Crippen LogP contribution in [0.1, 0.15) is 33.7 Å². The lowest BCUT2D eigenvalue weighted by molar-refractivity contribution is 0.0335. The van der Waals surface area contributed by atoms with Gasteiger partial charge in [-0.1, -0.05) is 0 Å². The van der Waals surface area contributed by atoms with E-state index < -0.39 is 0 Å². The molecule has 0 aliphatic carbocycles. The van der Waals surface area contributed by atoms with E-state index in [2.05, 4.69) is 15.2 Å². The van der Waals surface area contributed by atoms with Gasteiger partial charge in [0, 0.05) is 31.3 Å². The van der Waals surface area contributed by atoms with Crippen molar-refractivity contribution in [1.29, 1.82) is 0 Å². The summed E-state index contributed by atoms with van der Waals surface area (Å²) in [6, 6.07) is 0. The molecule has 0 saturated carbocycles. The zero-order chi connectivity index (χ0) is 16.0. The molecule has 23 heavy (non-hydrogen) atoms. The molecule has 2 aliphatic rings. The summed E-state index contributed by atoms with van der Waals surface area (Å²) in [4.78, 5) is 18.6. The Bertz CT molecular complexity index is 714. The van der Waals surface area contributed by atoms with Gasteiger partial charge in [0.2, 0.25) is 11.8 Å². The molecule has 0 bridgehead atoms. The first-order valence-electron chi connectivity index (χ1n) is 7.74. The van der Waals surface area contributed by atoms with Crippen LogP contribution in [0.25, 0.3) is 0 Å². The highest BCUT2D eigenvalue weighted by atomic mass is 32.1. The lowest BCUT2D eigenvalue weighted by atomic mass is 10.0. The number of nitrogens with zero attached hydrogens (tertiary/aromatic N) is 4. The van der Waals surface area contributed by atoms with E-state index in [1.807, 2.05) is 17.2 Å². The van der Waals surface area contributed by atoms with Crippen molar-refractivity contribution in [2.24, 2.45) is 5.92 Å². The van der Waals surface area contributed by atoms with Gasteiger partial charge in [-0.3, -0.25) is 4.79 Å². The number of carbonyl (C=O) groups excluding carboxylic acids is 1. The van der Waals surface area contributed by atoms with Crippen molar-refractivity contribution in [1.82, 2.24) is 20.1 Å². The van der Waals surface area contributed by atoms with E-state index in [9.17, 15) is 4.79 Å². The Kier molecular flexibility index (Phi) is 3.65. The van der Waals surface area contributed by atoms with Crippen LogP contribution in [0.4, 0.5) is 0 Å². The molecule has 4 rings (SSSR count). The second-order valence-electron chi connectivity index (χ2n) is 6.17. The molecular weight excluding hydrogens is 316 g/mol. The van der Waals surface area contributed by atoms with Crippen molar-refractivity contribution >= 4 is 17.2 Å². The number of rotatable bonds is 3. The predicted octanol–water partition coefficient (Wildman–Crippen LogP) is 1.62. The van der Waals surface area contributed by atoms with Gasteiger partial charge in [0.25, 0.3) is 5.91 Å². The molecule has 2 aromatic rings. The number of amides is 1. The number of carbonyl (C=O) groups is 1. The molecule has 0 aromatic carbocycles. The maximum atomic E-state index is 12.4. The summed E-state index contributed by atoms with van der Waals surface area (Å²) in [5.74, 6) is 1.59. The van der Waals surface area contributed by atoms with Crippen LogP contribution in [0.2, 0.25) is 0 Å². The van der Waals surface area contributed by atoms with E-state index in [4.69, 9.17) is 9.15 Å². The number of thiazole rings is 1. The minimum Gasteiger partial charge on any atom is -0.426 e. The minimum absolute atomic E-state index is 0.0106. The zero-order valence-corrected chi connectivity index (χ0v) is 13.9. The third kappa shape index (κ3) is 2.88. The molecule has 0 spiro atoms. The predicted molar refractivity (Wildman–Crippen MR) is 82.3 cm³/mol. The molecule has 0 N–H and O–H groups in total. The number of likely N-dealkylation sites (tertiary alicyclic amines) is 1. The Balaban J connectivity index is 1.35. The van der Waals surface area contributed by atoms with Crippen LogP contribution in [0.5, 0.6) is 0 Å². The Morgan fingerprint density at radius 2 is 2.26 bits per heavy atom. The van der Waals surface area contributed by atoms with Crippen LogP contribution in [-0.4, -0.2) is 51.3 Å². The van der Waals surface area contributed by atoms with Crippen LogP contribution in [-0.2, 0) is 11.2 Å². The van der Waals surface area contributed by atoms with Crippen molar-refractivity contribution < 1.29 is 13.9 Å². The first kappa shape index (κ1) is 14.8. The first-order chi connectivity index (χ1) is 11.1. The van der Waals surface area contributed by atoms with E-state index in [1.165, 1.54) is 11.3 Å². The standard InChI is InChI=1S/C15H18N4O3S/c1-8-17-18-14(21-8)4-11-3-10-5-19(6-13(10)22-11)15(20)12-7-23-9(2)16-12/h7,10-11,13H,3-6H2,1-2H3/t10-,11+,13+/m1/s1. The summed E-state index contributed by atoms with van der Waals surface area (Å²) in [5.41, 5.74) is 0.547. The second kappa shape index (κ2) is 5.68. The number of aryl methyl sites for hydroxylation is 2. The largest absolute Gasteiger partial charge is 0.426 e. The topological polar surface area (TPSA) is 81.4 Å². The fraction of sp³-hybridized carbons (Fsp3) is 0.600. The Labute approximate surface area is 137 Å². The molecular formula is C15H18N4O3S. The Hall–Kier alpha value is -1.80. The third-order valence-electron chi connectivity index (χ3n) is 4.41. The maximum absolute atomic E-state index is 12.4. The Morgan fingerprint density at radius 1 is 1.39 bits per heavy atom. The molecule has 8 heteroatoms. The van der Waals surface area contributed by atoms with Crippen molar-refractivity contribution in [3.63, 3.8) is 0 Å². The fourth-order valence-corrected chi connectivity index (χ4v) is 3.98. The van der Waals surface area contributed by atoms with E-state index in [0.29, 0.717) is 36.4 Å². The summed E-state index contributed by atoms with van der Waals surface area (Å²) in [6.07, 6.45) is 1.77. The van der Waals surface area contributed by atoms with Gasteiger partial charge in [-0.25, -0.2) is 4.98 Å². The molecule has 0 unspecified atom stereocenters. The average Bonchev–Trinajstić information content (AvgIpc) is 3.23. The van der Waals surface area contributed by atoms with E-state index in [0.717, 1.165) is 18.0 Å². The monoisotopic (exact) mass is 334 g/mol. The van der Waals surface area contributed by atoms with Crippen LogP contribution in [0.15, 0.2) is 9.80 Å². The first-order valence-corrected chi connectivity index (χ1v) is 8.62. The normalized spacial score (nSPS) is 26.7. The van der Waals surface area contributed by atoms with Gasteiger partial charge in [0.05, 0.1) is 23.6 Å². The highest BCUT2D eigenvalue weighted by molar-refractivity contribution is 7.09. The Morgan fingerprint density at radius 3 is 2.91 bits per heavy atom. The molecule has 122 valence electrons. The van der Waals surface area contributed by atoms with Gasteiger partial charge in [-0.2, -0.15) is 0 Å². The fourth-order valence-electron chi connectivity index (χ4n) is 3.40. The SMILES string of the molecule is Cc1nnc(C[C@@H]2C[C@@H]3CN(C(=O)c4csc(C)n4)C[C@@H]3O2)o1. The van der Waals surface area contributed by atoms with Crippen molar-refractivity contribution in [3.05, 3.63) is 27.9 Å². The molecule has 7 nitrogen and oxygen atoms in total. The van der Waals surface area contributed by atoms with Crippen molar-refractivity contribution in [2.45, 2.75) is 38.9 Å². The quantitative estimate of drug-likeness (QED) is 0.848. The highest BCUT2D eigenvalue weighted by Crippen LogP contribution is 2.34. The number of hydrogen-bond acceptors (Lipinski definition) is 7. The number of ether oxygens (including phenoxy) is 1. The molecule has 2 aliphatic heterocycles. The summed E-state index contributed by atoms with van der Waals surface area (Å²) in [6.45, 7) is 5.07. The summed E-state index contributed by atoms with van der Waals surface area (Å²) in [7, 11) is 0. The van der Waals surface area contributed by atoms with Crippen molar-refractivity contribution in [2.75, 3.05) is 13.1 Å². The van der Waals surface area contributed by atoms with Crippen molar-refractivity contribution in [3.8, 4) is 0 Å². The zero-order valence-electron chi connectivity index (χ0n) is 13.1. The third-order valence-corrected chi connectivity index (χ3v) is 5.18. The molecule has 4 heterocycles. The van der Waals surface area contributed by atoms with Gasteiger partial charge >= 0.3 is 0 Å². The van der Waals surface area contributed by atoms with E-state index in [-0.39, 0.29) is 18.1 Å². The number of fused-ring (bicyclic) bond motifs is 1. The minimum atomic E-state index is 0.0106. The lowest BCUT2D eigenvalue weighted by Crippen LogP contribution is -2.31. The van der Waals surface area contributed by atoms with Gasteiger partial charge in [0.1, 0.15) is 5.69 Å². The average molecular weight is 334 g/mol. The smallest absolute Gasteiger partial charge is 0.273 e. The van der Waals surface area contributed by atoms with Gasteiger partial charge in [-0.05, 0) is 13.3 Å². The lowest BCUT2D eigenvalue weighted by Gasteiger charge is -2.18. The highest BCUT2D eigenvalue weighted by Gasteiger charge is 2.44. The van der Waals surface area contributed by atoms with Gasteiger partial charge in [-0.15, -0.1) is 21.5 Å². The van der Waals surface area contributed by atoms with Gasteiger partial charge < -0.3 is 14.1 Å². The molecule has 2 fully saturated rings. The summed E-state index contributed by atoms with van der Waals surface area (Å²) >= 11 is 1.50. The second-order valence-corrected chi connectivity index (χ2v) is 7.24. The number of aromatic nitrogens is 3. The van der Waals surface area contributed by atoms with Crippen LogP contribution in [0, 0.1) is 19.8 Å². The molecule has 3 atom stereocenters. The van der Waals surface area contributed by atoms with Crippen LogP contribution in [0.3, 0.4) is 0 Å².